The van der Waals surface area contributed by atoms with E-state index in [1.165, 1.54) is 0 Å². The van der Waals surface area contributed by atoms with Gasteiger partial charge in [-0.25, -0.2) is 9.97 Å². The summed E-state index contributed by atoms with van der Waals surface area (Å²) in [5.41, 5.74) is 4.26. The number of fused-ring (bicyclic) bond motifs is 1. The molecule has 2 heterocycles. The highest BCUT2D eigenvalue weighted by Crippen LogP contribution is 2.18. The van der Waals surface area contributed by atoms with E-state index in [0.29, 0.717) is 5.92 Å². The van der Waals surface area contributed by atoms with E-state index in [2.05, 4.69) is 34.9 Å². The molecule has 16 heavy (non-hydrogen) atoms. The number of aryl methyl sites for hydroxylation is 2. The normalized spacial score (nSPS) is 10.4. The predicted octanol–water partition coefficient (Wildman–Crippen LogP) is 3.72. The average molecular weight is 219 g/mol. The molecule has 0 spiro atoms. The Morgan fingerprint density at radius 2 is 1.75 bits per heavy atom. The molecule has 3 nitrogen and oxygen atoms in total. The molecule has 2 rings (SSSR count). The van der Waals surface area contributed by atoms with Crippen molar-refractivity contribution in [1.82, 2.24) is 15.0 Å². The van der Waals surface area contributed by atoms with Gasteiger partial charge in [-0.05, 0) is 19.9 Å². The van der Waals surface area contributed by atoms with Crippen LogP contribution in [0.1, 0.15) is 50.8 Å². The summed E-state index contributed by atoms with van der Waals surface area (Å²) in [5.74, 6) is 1.31. The topological polar surface area (TPSA) is 41.6 Å². The average Bonchev–Trinajstić information content (AvgIpc) is 2.62. The van der Waals surface area contributed by atoms with Crippen LogP contribution in [0, 0.1) is 13.8 Å². The van der Waals surface area contributed by atoms with Gasteiger partial charge < -0.3 is 4.98 Å². The van der Waals surface area contributed by atoms with Gasteiger partial charge in [-0.2, -0.15) is 0 Å². The highest BCUT2D eigenvalue weighted by atomic mass is 14.9. The number of hydrogen-bond donors (Lipinski definition) is 1. The maximum Gasteiger partial charge on any atom is 0.131 e. The molecule has 3 heteroatoms. The highest BCUT2D eigenvalue weighted by molar-refractivity contribution is 5.78. The molecule has 0 saturated carbocycles. The summed E-state index contributed by atoms with van der Waals surface area (Å²) in [5, 5.41) is 0. The van der Waals surface area contributed by atoms with Crippen molar-refractivity contribution in [3.63, 3.8) is 0 Å². The first kappa shape index (κ1) is 12.7. The number of H-pyrrole nitrogens is 1. The Bertz CT molecular complexity index is 469. The van der Waals surface area contributed by atoms with E-state index in [4.69, 9.17) is 0 Å². The third-order valence-corrected chi connectivity index (χ3v) is 2.33. The van der Waals surface area contributed by atoms with Gasteiger partial charge in [0.1, 0.15) is 5.82 Å². The van der Waals surface area contributed by atoms with E-state index in [1.54, 1.807) is 0 Å². The Morgan fingerprint density at radius 1 is 1.12 bits per heavy atom. The third kappa shape index (κ3) is 2.40. The molecule has 0 aliphatic rings. The van der Waals surface area contributed by atoms with Crippen LogP contribution in [0.2, 0.25) is 0 Å². The van der Waals surface area contributed by atoms with Crippen molar-refractivity contribution in [2.75, 3.05) is 0 Å². The zero-order valence-corrected chi connectivity index (χ0v) is 11.0. The van der Waals surface area contributed by atoms with Crippen molar-refractivity contribution in [3.8, 4) is 0 Å². The zero-order valence-electron chi connectivity index (χ0n) is 11.0. The molecule has 0 atom stereocenters. The first-order chi connectivity index (χ1) is 7.58. The van der Waals surface area contributed by atoms with Crippen molar-refractivity contribution in [3.05, 3.63) is 23.3 Å². The minimum Gasteiger partial charge on any atom is -0.356 e. The molecule has 0 unspecified atom stereocenters. The second kappa shape index (κ2) is 5.10. The smallest absolute Gasteiger partial charge is 0.131 e. The molecule has 88 valence electrons. The summed E-state index contributed by atoms with van der Waals surface area (Å²) in [6.07, 6.45) is 0. The van der Waals surface area contributed by atoms with Gasteiger partial charge in [-0.3, -0.25) is 0 Å². The van der Waals surface area contributed by atoms with E-state index < -0.39 is 0 Å². The van der Waals surface area contributed by atoms with Crippen LogP contribution in [-0.2, 0) is 0 Å². The summed E-state index contributed by atoms with van der Waals surface area (Å²) in [6, 6.07) is 2.07. The summed E-state index contributed by atoms with van der Waals surface area (Å²) < 4.78 is 0. The van der Waals surface area contributed by atoms with Crippen molar-refractivity contribution in [2.24, 2.45) is 0 Å². The Morgan fingerprint density at radius 3 is 2.31 bits per heavy atom. The van der Waals surface area contributed by atoms with E-state index in [1.807, 2.05) is 27.7 Å². The van der Waals surface area contributed by atoms with E-state index in [-0.39, 0.29) is 0 Å². The molecule has 0 fully saturated rings. The summed E-state index contributed by atoms with van der Waals surface area (Å²) in [6.45, 7) is 12.3. The van der Waals surface area contributed by atoms with Crippen LogP contribution >= 0.6 is 0 Å². The lowest BCUT2D eigenvalue weighted by Crippen LogP contribution is -1.99. The number of nitrogens with one attached hydrogen (secondary N) is 1. The Hall–Kier alpha value is -1.38. The molecule has 0 amide bonds. The largest absolute Gasteiger partial charge is 0.356 e. The van der Waals surface area contributed by atoms with Crippen LogP contribution < -0.4 is 0 Å². The van der Waals surface area contributed by atoms with Crippen molar-refractivity contribution in [1.29, 1.82) is 0 Å². The van der Waals surface area contributed by atoms with Crippen LogP contribution in [0.15, 0.2) is 6.07 Å². The number of nitrogens with zero attached hydrogens (tertiary/aromatic N) is 2. The van der Waals surface area contributed by atoms with Crippen LogP contribution in [0.3, 0.4) is 0 Å². The van der Waals surface area contributed by atoms with Crippen molar-refractivity contribution < 1.29 is 0 Å². The fourth-order valence-electron chi connectivity index (χ4n) is 1.57. The Kier molecular flexibility index (Phi) is 4.05. The monoisotopic (exact) mass is 219 g/mol. The van der Waals surface area contributed by atoms with E-state index in [0.717, 1.165) is 28.2 Å². The molecule has 1 N–H and O–H groups in total. The van der Waals surface area contributed by atoms with Crippen LogP contribution in [-0.4, -0.2) is 15.0 Å². The van der Waals surface area contributed by atoms with Gasteiger partial charge >= 0.3 is 0 Å². The van der Waals surface area contributed by atoms with Gasteiger partial charge in [0.15, 0.2) is 0 Å². The lowest BCUT2D eigenvalue weighted by atomic mass is 10.2. The molecule has 0 aliphatic carbocycles. The third-order valence-electron chi connectivity index (χ3n) is 2.33. The summed E-state index contributed by atoms with van der Waals surface area (Å²) >= 11 is 0. The van der Waals surface area contributed by atoms with Gasteiger partial charge in [0.25, 0.3) is 0 Å². The van der Waals surface area contributed by atoms with Gasteiger partial charge in [-0.1, -0.05) is 27.7 Å². The molecule has 0 aromatic carbocycles. The molecule has 0 bridgehead atoms. The summed E-state index contributed by atoms with van der Waals surface area (Å²) in [4.78, 5) is 12.3. The predicted molar refractivity (Wildman–Crippen MR) is 68.8 cm³/mol. The zero-order chi connectivity index (χ0) is 12.3. The molecule has 0 saturated heterocycles. The summed E-state index contributed by atoms with van der Waals surface area (Å²) in [7, 11) is 0. The quantitative estimate of drug-likeness (QED) is 0.794. The standard InChI is InChI=1S/C11H15N3.C2H6/c1-6(2)11-13-8(4)10-9(14-11)5-7(3)12-10;1-2/h5-6,12H,1-4H3;1-2H3. The fourth-order valence-corrected chi connectivity index (χ4v) is 1.57. The van der Waals surface area contributed by atoms with Crippen LogP contribution in [0.5, 0.6) is 0 Å². The molecule has 2 aromatic rings. The van der Waals surface area contributed by atoms with E-state index >= 15 is 0 Å². The van der Waals surface area contributed by atoms with Gasteiger partial charge in [0.05, 0.1) is 16.7 Å². The minimum atomic E-state index is 0.383. The molecule has 0 radical (unpaired) electrons. The lowest BCUT2D eigenvalue weighted by Gasteiger charge is -2.04. The number of rotatable bonds is 1. The Balaban J connectivity index is 0.000000606. The van der Waals surface area contributed by atoms with Gasteiger partial charge in [-0.15, -0.1) is 0 Å². The molecule has 2 aromatic heterocycles. The van der Waals surface area contributed by atoms with E-state index in [9.17, 15) is 0 Å². The van der Waals surface area contributed by atoms with Gasteiger partial charge in [0.2, 0.25) is 0 Å². The number of aromatic amines is 1. The van der Waals surface area contributed by atoms with Gasteiger partial charge in [0, 0.05) is 11.6 Å². The highest BCUT2D eigenvalue weighted by Gasteiger charge is 2.08. The SMILES string of the molecule is CC.Cc1cc2nc(C(C)C)nc(C)c2[nH]1. The fraction of sp³-hybridized carbons (Fsp3) is 0.538. The second-order valence-electron chi connectivity index (χ2n) is 4.03. The Labute approximate surface area is 97.3 Å². The molecular weight excluding hydrogens is 198 g/mol. The molecule has 0 aliphatic heterocycles. The maximum absolute atomic E-state index is 4.51. The van der Waals surface area contributed by atoms with Crippen LogP contribution in [0.25, 0.3) is 11.0 Å². The maximum atomic E-state index is 4.51. The molecular formula is C13H21N3. The number of hydrogen-bond acceptors (Lipinski definition) is 2. The first-order valence-corrected chi connectivity index (χ1v) is 5.92. The minimum absolute atomic E-state index is 0.383. The first-order valence-electron chi connectivity index (χ1n) is 5.92. The van der Waals surface area contributed by atoms with Crippen molar-refractivity contribution >= 4 is 11.0 Å². The van der Waals surface area contributed by atoms with Crippen LogP contribution in [0.4, 0.5) is 0 Å². The van der Waals surface area contributed by atoms with Crippen molar-refractivity contribution in [2.45, 2.75) is 47.5 Å². The second-order valence-corrected chi connectivity index (χ2v) is 4.03. The number of aromatic nitrogens is 3. The lowest BCUT2D eigenvalue weighted by molar-refractivity contribution is 0.776.